The van der Waals surface area contributed by atoms with Crippen LogP contribution in [0.25, 0.3) is 11.5 Å². The predicted octanol–water partition coefficient (Wildman–Crippen LogP) is 2.88. The lowest BCUT2D eigenvalue weighted by Crippen LogP contribution is -2.17. The van der Waals surface area contributed by atoms with Gasteiger partial charge in [0.2, 0.25) is 5.89 Å². The topological polar surface area (TPSA) is 60.9 Å². The quantitative estimate of drug-likeness (QED) is 0.818. The summed E-state index contributed by atoms with van der Waals surface area (Å²) in [5.41, 5.74) is 0.839. The van der Waals surface area contributed by atoms with Crippen molar-refractivity contribution in [3.63, 3.8) is 0 Å². The SMILES string of the molecule is CC(C)=CCn1ccc(-c2nnc(C(F)(F)F)o2)cc1=O. The van der Waals surface area contributed by atoms with Crippen LogP contribution in [0.2, 0.25) is 0 Å². The Bertz CT molecular complexity index is 725. The molecule has 0 atom stereocenters. The summed E-state index contributed by atoms with van der Waals surface area (Å²) in [6.45, 7) is 4.19. The van der Waals surface area contributed by atoms with Crippen LogP contribution in [0.15, 0.2) is 39.2 Å². The van der Waals surface area contributed by atoms with Crippen LogP contribution in [0.1, 0.15) is 19.7 Å². The molecule has 112 valence electrons. The monoisotopic (exact) mass is 299 g/mol. The van der Waals surface area contributed by atoms with Crippen molar-refractivity contribution >= 4 is 0 Å². The maximum atomic E-state index is 12.4. The lowest BCUT2D eigenvalue weighted by Gasteiger charge is -2.03. The van der Waals surface area contributed by atoms with Gasteiger partial charge in [-0.05, 0) is 19.9 Å². The molecular weight excluding hydrogens is 287 g/mol. The van der Waals surface area contributed by atoms with Gasteiger partial charge >= 0.3 is 12.1 Å². The highest BCUT2D eigenvalue weighted by molar-refractivity contribution is 5.51. The van der Waals surface area contributed by atoms with Crippen LogP contribution < -0.4 is 5.56 Å². The van der Waals surface area contributed by atoms with E-state index in [0.717, 1.165) is 11.6 Å². The third kappa shape index (κ3) is 3.59. The van der Waals surface area contributed by atoms with Crippen LogP contribution in [0.3, 0.4) is 0 Å². The molecule has 5 nitrogen and oxygen atoms in total. The molecule has 0 fully saturated rings. The molecule has 0 amide bonds. The lowest BCUT2D eigenvalue weighted by atomic mass is 10.2. The average Bonchev–Trinajstić information content (AvgIpc) is 2.86. The molecule has 2 aromatic heterocycles. The first-order valence-electron chi connectivity index (χ1n) is 6.02. The van der Waals surface area contributed by atoms with Crippen molar-refractivity contribution in [3.8, 4) is 11.5 Å². The molecule has 2 rings (SSSR count). The molecule has 0 radical (unpaired) electrons. The molecular formula is C13H12F3N3O2. The molecule has 0 bridgehead atoms. The minimum absolute atomic E-state index is 0.149. The molecule has 0 spiro atoms. The standard InChI is InChI=1S/C13H12F3N3O2/c1-8(2)3-5-19-6-4-9(7-10(19)20)11-17-18-12(21-11)13(14,15)16/h3-4,6-7H,5H2,1-2H3. The van der Waals surface area contributed by atoms with Crippen LogP contribution in [0.4, 0.5) is 13.2 Å². The Balaban J connectivity index is 2.30. The Hall–Kier alpha value is -2.38. The number of hydrogen-bond donors (Lipinski definition) is 0. The second-order valence-corrected chi connectivity index (χ2v) is 4.60. The van der Waals surface area contributed by atoms with Gasteiger partial charge in [0.05, 0.1) is 0 Å². The molecule has 21 heavy (non-hydrogen) atoms. The molecule has 0 aromatic carbocycles. The van der Waals surface area contributed by atoms with E-state index in [1.54, 1.807) is 0 Å². The van der Waals surface area contributed by atoms with Crippen molar-refractivity contribution in [2.75, 3.05) is 0 Å². The Morgan fingerprint density at radius 1 is 1.38 bits per heavy atom. The zero-order valence-corrected chi connectivity index (χ0v) is 11.3. The van der Waals surface area contributed by atoms with E-state index in [0.29, 0.717) is 6.54 Å². The van der Waals surface area contributed by atoms with Crippen LogP contribution in [-0.4, -0.2) is 14.8 Å². The van der Waals surface area contributed by atoms with Gasteiger partial charge in [-0.25, -0.2) is 0 Å². The number of nitrogens with zero attached hydrogens (tertiary/aromatic N) is 3. The largest absolute Gasteiger partial charge is 0.470 e. The highest BCUT2D eigenvalue weighted by Gasteiger charge is 2.38. The first-order valence-corrected chi connectivity index (χ1v) is 6.02. The van der Waals surface area contributed by atoms with Crippen molar-refractivity contribution in [2.45, 2.75) is 26.6 Å². The first kappa shape index (κ1) is 15.0. The summed E-state index contributed by atoms with van der Waals surface area (Å²) in [5, 5.41) is 6.22. The summed E-state index contributed by atoms with van der Waals surface area (Å²) in [5.74, 6) is -1.78. The number of allylic oxidation sites excluding steroid dienone is 2. The predicted molar refractivity (Wildman–Crippen MR) is 68.4 cm³/mol. The fraction of sp³-hybridized carbons (Fsp3) is 0.308. The minimum Gasteiger partial charge on any atom is -0.413 e. The van der Waals surface area contributed by atoms with E-state index < -0.39 is 12.1 Å². The molecule has 0 aliphatic rings. The molecule has 0 unspecified atom stereocenters. The number of pyridine rings is 1. The van der Waals surface area contributed by atoms with Crippen LogP contribution >= 0.6 is 0 Å². The number of alkyl halides is 3. The zero-order chi connectivity index (χ0) is 15.6. The second-order valence-electron chi connectivity index (χ2n) is 4.60. The third-order valence-corrected chi connectivity index (χ3v) is 2.61. The van der Waals surface area contributed by atoms with Gasteiger partial charge < -0.3 is 8.98 Å². The number of rotatable bonds is 3. The van der Waals surface area contributed by atoms with E-state index in [2.05, 4.69) is 14.6 Å². The summed E-state index contributed by atoms with van der Waals surface area (Å²) in [7, 11) is 0. The molecule has 2 heterocycles. The molecule has 0 aliphatic heterocycles. The lowest BCUT2D eigenvalue weighted by molar-refractivity contribution is -0.156. The summed E-state index contributed by atoms with van der Waals surface area (Å²) >= 11 is 0. The van der Waals surface area contributed by atoms with Crippen LogP contribution in [0, 0.1) is 0 Å². The smallest absolute Gasteiger partial charge is 0.413 e. The summed E-state index contributed by atoms with van der Waals surface area (Å²) < 4.78 is 43.0. The third-order valence-electron chi connectivity index (χ3n) is 2.61. The molecule has 0 aliphatic carbocycles. The molecule has 0 saturated carbocycles. The van der Waals surface area contributed by atoms with E-state index in [9.17, 15) is 18.0 Å². The Labute approximate surface area is 117 Å². The highest BCUT2D eigenvalue weighted by atomic mass is 19.4. The summed E-state index contributed by atoms with van der Waals surface area (Å²) in [4.78, 5) is 11.9. The van der Waals surface area contributed by atoms with E-state index in [-0.39, 0.29) is 17.0 Å². The van der Waals surface area contributed by atoms with Gasteiger partial charge in [0.25, 0.3) is 5.56 Å². The Morgan fingerprint density at radius 3 is 2.62 bits per heavy atom. The molecule has 0 N–H and O–H groups in total. The highest BCUT2D eigenvalue weighted by Crippen LogP contribution is 2.29. The molecule has 0 saturated heterocycles. The Kier molecular flexibility index (Phi) is 3.97. The van der Waals surface area contributed by atoms with Gasteiger partial charge in [-0.15, -0.1) is 10.2 Å². The van der Waals surface area contributed by atoms with E-state index in [4.69, 9.17) is 0 Å². The van der Waals surface area contributed by atoms with E-state index in [1.165, 1.54) is 16.8 Å². The number of aromatic nitrogens is 3. The fourth-order valence-corrected chi connectivity index (χ4v) is 1.53. The van der Waals surface area contributed by atoms with Gasteiger partial charge in [0.15, 0.2) is 0 Å². The van der Waals surface area contributed by atoms with Crippen molar-refractivity contribution in [1.82, 2.24) is 14.8 Å². The molecule has 8 heteroatoms. The van der Waals surface area contributed by atoms with Crippen LogP contribution in [-0.2, 0) is 12.7 Å². The average molecular weight is 299 g/mol. The zero-order valence-electron chi connectivity index (χ0n) is 11.3. The van der Waals surface area contributed by atoms with E-state index >= 15 is 0 Å². The number of halogens is 3. The fourth-order valence-electron chi connectivity index (χ4n) is 1.53. The Morgan fingerprint density at radius 2 is 2.10 bits per heavy atom. The normalized spacial score (nSPS) is 11.5. The van der Waals surface area contributed by atoms with Gasteiger partial charge in [0.1, 0.15) is 0 Å². The van der Waals surface area contributed by atoms with Gasteiger partial charge in [-0.1, -0.05) is 11.6 Å². The van der Waals surface area contributed by atoms with Gasteiger partial charge in [0, 0.05) is 24.4 Å². The van der Waals surface area contributed by atoms with Crippen molar-refractivity contribution in [3.05, 3.63) is 46.2 Å². The van der Waals surface area contributed by atoms with Gasteiger partial charge in [-0.2, -0.15) is 13.2 Å². The minimum atomic E-state index is -4.70. The van der Waals surface area contributed by atoms with Crippen molar-refractivity contribution in [2.24, 2.45) is 0 Å². The maximum Gasteiger partial charge on any atom is 0.470 e. The summed E-state index contributed by atoms with van der Waals surface area (Å²) in [6, 6.07) is 2.61. The first-order chi connectivity index (χ1) is 9.77. The second kappa shape index (κ2) is 5.55. The maximum absolute atomic E-state index is 12.4. The van der Waals surface area contributed by atoms with Gasteiger partial charge in [-0.3, -0.25) is 4.79 Å². The number of hydrogen-bond acceptors (Lipinski definition) is 4. The van der Waals surface area contributed by atoms with Crippen LogP contribution in [0.5, 0.6) is 0 Å². The van der Waals surface area contributed by atoms with E-state index in [1.807, 2.05) is 19.9 Å². The molecule has 2 aromatic rings. The van der Waals surface area contributed by atoms with Crippen molar-refractivity contribution < 1.29 is 17.6 Å². The summed E-state index contributed by atoms with van der Waals surface area (Å²) in [6.07, 6.45) is -1.38. The van der Waals surface area contributed by atoms with Crippen molar-refractivity contribution in [1.29, 1.82) is 0 Å².